The highest BCUT2D eigenvalue weighted by Gasteiger charge is 2.32. The van der Waals surface area contributed by atoms with E-state index in [0.29, 0.717) is 63.4 Å². The van der Waals surface area contributed by atoms with E-state index in [-0.39, 0.29) is 5.91 Å². The van der Waals surface area contributed by atoms with Crippen molar-refractivity contribution in [2.45, 2.75) is 45.0 Å². The molecular weight excluding hydrogens is 466 g/mol. The van der Waals surface area contributed by atoms with Gasteiger partial charge in [0.05, 0.1) is 19.8 Å². The first-order valence-corrected chi connectivity index (χ1v) is 12.3. The second kappa shape index (κ2) is 10.4. The molecule has 0 aliphatic carbocycles. The van der Waals surface area contributed by atoms with Crippen LogP contribution in [0.3, 0.4) is 0 Å². The molecule has 1 unspecified atom stereocenters. The van der Waals surface area contributed by atoms with Crippen LogP contribution in [0.2, 0.25) is 0 Å². The van der Waals surface area contributed by atoms with Gasteiger partial charge in [-0.1, -0.05) is 12.1 Å². The van der Waals surface area contributed by atoms with E-state index in [9.17, 15) is 18.7 Å². The number of fused-ring (bicyclic) bond motifs is 1. The largest absolute Gasteiger partial charge is 0.497 e. The fourth-order valence-electron chi connectivity index (χ4n) is 5.18. The summed E-state index contributed by atoms with van der Waals surface area (Å²) in [5, 5.41) is 14.9. The standard InChI is InChI=1S/C27H30F2N4O3/c1-36-23-6-2-4-18(12-23)15-33-25-7-9-31(14-19-10-20(28)13-21(29)11-19)17-24(25)26(30-33)27(35)32-8-3-5-22(34)16-32/h2,4,6,10-13,22,34H,3,5,7-9,14-17H2,1H3. The van der Waals surface area contributed by atoms with Gasteiger partial charge in [-0.25, -0.2) is 8.78 Å². The zero-order valence-electron chi connectivity index (χ0n) is 20.3. The molecule has 0 saturated carbocycles. The number of likely N-dealkylation sites (tertiary alicyclic amines) is 1. The fourth-order valence-corrected chi connectivity index (χ4v) is 5.18. The first-order chi connectivity index (χ1) is 17.4. The number of aliphatic hydroxyl groups excluding tert-OH is 1. The van der Waals surface area contributed by atoms with Gasteiger partial charge in [-0.2, -0.15) is 5.10 Å². The van der Waals surface area contributed by atoms with E-state index in [0.717, 1.165) is 35.1 Å². The molecule has 7 nitrogen and oxygen atoms in total. The van der Waals surface area contributed by atoms with Crippen molar-refractivity contribution in [2.24, 2.45) is 0 Å². The van der Waals surface area contributed by atoms with E-state index >= 15 is 0 Å². The quantitative estimate of drug-likeness (QED) is 0.567. The van der Waals surface area contributed by atoms with Crippen LogP contribution >= 0.6 is 0 Å². The first-order valence-electron chi connectivity index (χ1n) is 12.3. The average molecular weight is 497 g/mol. The third-order valence-corrected chi connectivity index (χ3v) is 6.89. The van der Waals surface area contributed by atoms with E-state index in [4.69, 9.17) is 9.84 Å². The minimum Gasteiger partial charge on any atom is -0.497 e. The van der Waals surface area contributed by atoms with Crippen LogP contribution in [0.5, 0.6) is 5.75 Å². The zero-order chi connectivity index (χ0) is 25.2. The Morgan fingerprint density at radius 2 is 1.92 bits per heavy atom. The molecule has 1 saturated heterocycles. The molecule has 3 heterocycles. The molecule has 0 bridgehead atoms. The van der Waals surface area contributed by atoms with Gasteiger partial charge in [0.1, 0.15) is 17.4 Å². The van der Waals surface area contributed by atoms with Crippen LogP contribution in [0.15, 0.2) is 42.5 Å². The lowest BCUT2D eigenvalue weighted by molar-refractivity contribution is 0.0466. The third kappa shape index (κ3) is 5.27. The number of hydrogen-bond donors (Lipinski definition) is 1. The monoisotopic (exact) mass is 496 g/mol. The maximum Gasteiger partial charge on any atom is 0.274 e. The number of hydrogen-bond acceptors (Lipinski definition) is 5. The summed E-state index contributed by atoms with van der Waals surface area (Å²) in [6.07, 6.45) is 1.55. The number of piperidine rings is 1. The molecule has 1 N–H and O–H groups in total. The number of methoxy groups -OCH3 is 1. The molecule has 3 aromatic rings. The van der Waals surface area contributed by atoms with E-state index in [1.165, 1.54) is 12.1 Å². The fraction of sp³-hybridized carbons (Fsp3) is 0.407. The van der Waals surface area contributed by atoms with Crippen molar-refractivity contribution in [3.05, 3.63) is 82.2 Å². The van der Waals surface area contributed by atoms with Gasteiger partial charge in [-0.05, 0) is 48.2 Å². The maximum absolute atomic E-state index is 13.7. The van der Waals surface area contributed by atoms with Crippen molar-refractivity contribution >= 4 is 5.91 Å². The van der Waals surface area contributed by atoms with Gasteiger partial charge in [0.15, 0.2) is 5.69 Å². The van der Waals surface area contributed by atoms with Crippen LogP contribution in [0.25, 0.3) is 0 Å². The molecule has 190 valence electrons. The topological polar surface area (TPSA) is 70.8 Å². The summed E-state index contributed by atoms with van der Waals surface area (Å²) in [5.74, 6) is -0.643. The predicted octanol–water partition coefficient (Wildman–Crippen LogP) is 3.37. The minimum atomic E-state index is -0.603. The highest BCUT2D eigenvalue weighted by atomic mass is 19.1. The number of carbonyl (C=O) groups excluding carboxylic acids is 1. The zero-order valence-corrected chi connectivity index (χ0v) is 20.3. The van der Waals surface area contributed by atoms with Crippen molar-refractivity contribution in [3.63, 3.8) is 0 Å². The number of aliphatic hydroxyl groups is 1. The van der Waals surface area contributed by atoms with Crippen LogP contribution in [0.4, 0.5) is 8.78 Å². The van der Waals surface area contributed by atoms with Gasteiger partial charge in [0.25, 0.3) is 5.91 Å². The molecule has 1 aromatic heterocycles. The van der Waals surface area contributed by atoms with Crippen molar-refractivity contribution in [2.75, 3.05) is 26.7 Å². The molecule has 1 amide bonds. The van der Waals surface area contributed by atoms with Crippen LogP contribution in [0.1, 0.15) is 45.7 Å². The Kier molecular flexibility index (Phi) is 7.02. The number of nitrogens with zero attached hydrogens (tertiary/aromatic N) is 4. The van der Waals surface area contributed by atoms with E-state index in [1.807, 2.05) is 28.9 Å². The molecule has 2 aromatic carbocycles. The Balaban J connectivity index is 1.45. The average Bonchev–Trinajstić information content (AvgIpc) is 3.20. The Labute approximate surface area is 208 Å². The summed E-state index contributed by atoms with van der Waals surface area (Å²) in [6, 6.07) is 11.3. The summed E-state index contributed by atoms with van der Waals surface area (Å²) < 4.78 is 34.7. The molecule has 9 heteroatoms. The Bertz CT molecular complexity index is 1240. The highest BCUT2D eigenvalue weighted by molar-refractivity contribution is 5.94. The van der Waals surface area contributed by atoms with E-state index < -0.39 is 17.7 Å². The van der Waals surface area contributed by atoms with Crippen LogP contribution < -0.4 is 4.74 Å². The molecule has 1 fully saturated rings. The lowest BCUT2D eigenvalue weighted by Gasteiger charge is -2.31. The molecule has 36 heavy (non-hydrogen) atoms. The smallest absolute Gasteiger partial charge is 0.274 e. The van der Waals surface area contributed by atoms with E-state index in [2.05, 4.69) is 4.90 Å². The maximum atomic E-state index is 13.7. The molecule has 0 radical (unpaired) electrons. The molecule has 5 rings (SSSR count). The number of benzene rings is 2. The second-order valence-electron chi connectivity index (χ2n) is 9.57. The number of rotatable bonds is 6. The summed E-state index contributed by atoms with van der Waals surface area (Å²) in [4.78, 5) is 17.3. The highest BCUT2D eigenvalue weighted by Crippen LogP contribution is 2.27. The number of halogens is 2. The first kappa shape index (κ1) is 24.4. The lowest BCUT2D eigenvalue weighted by Crippen LogP contribution is -2.43. The Morgan fingerprint density at radius 1 is 1.11 bits per heavy atom. The summed E-state index contributed by atoms with van der Waals surface area (Å²) in [7, 11) is 1.62. The molecule has 0 spiro atoms. The number of carbonyl (C=O) groups is 1. The molecule has 1 atom stereocenters. The minimum absolute atomic E-state index is 0.187. The third-order valence-electron chi connectivity index (χ3n) is 6.89. The predicted molar refractivity (Wildman–Crippen MR) is 130 cm³/mol. The van der Waals surface area contributed by atoms with Gasteiger partial charge in [0, 0.05) is 56.5 Å². The Hall–Kier alpha value is -3.30. The van der Waals surface area contributed by atoms with Crippen molar-refractivity contribution in [1.29, 1.82) is 0 Å². The van der Waals surface area contributed by atoms with Crippen molar-refractivity contribution in [1.82, 2.24) is 19.6 Å². The van der Waals surface area contributed by atoms with Gasteiger partial charge in [-0.15, -0.1) is 0 Å². The van der Waals surface area contributed by atoms with Crippen LogP contribution in [0, 0.1) is 11.6 Å². The molecule has 2 aliphatic rings. The summed E-state index contributed by atoms with van der Waals surface area (Å²) in [6.45, 7) is 2.85. The van der Waals surface area contributed by atoms with Crippen molar-refractivity contribution in [3.8, 4) is 5.75 Å². The SMILES string of the molecule is COc1cccc(Cn2nc(C(=O)N3CCCC(O)C3)c3c2CCN(Cc2cc(F)cc(F)c2)C3)c1. The normalized spacial score (nSPS) is 18.2. The Morgan fingerprint density at radius 3 is 2.67 bits per heavy atom. The summed E-state index contributed by atoms with van der Waals surface area (Å²) in [5.41, 5.74) is 3.76. The van der Waals surface area contributed by atoms with Gasteiger partial charge < -0.3 is 14.7 Å². The number of β-amino-alcohol motifs (C(OH)–C–C–N with tert-alkyl or cyclic N) is 1. The second-order valence-corrected chi connectivity index (χ2v) is 9.57. The number of aromatic nitrogens is 2. The number of amides is 1. The molecule has 2 aliphatic heterocycles. The number of ether oxygens (including phenoxy) is 1. The van der Waals surface area contributed by atoms with E-state index in [1.54, 1.807) is 12.0 Å². The van der Waals surface area contributed by atoms with Gasteiger partial charge >= 0.3 is 0 Å². The van der Waals surface area contributed by atoms with Gasteiger partial charge in [-0.3, -0.25) is 14.4 Å². The van der Waals surface area contributed by atoms with Crippen LogP contribution in [-0.2, 0) is 26.1 Å². The van der Waals surface area contributed by atoms with Crippen LogP contribution in [-0.4, -0.2) is 63.4 Å². The van der Waals surface area contributed by atoms with Crippen molar-refractivity contribution < 1.29 is 23.4 Å². The summed E-state index contributed by atoms with van der Waals surface area (Å²) >= 11 is 0. The van der Waals surface area contributed by atoms with Gasteiger partial charge in [0.2, 0.25) is 0 Å². The lowest BCUT2D eigenvalue weighted by atomic mass is 10.0. The molecular formula is C27H30F2N4O3.